The van der Waals surface area contributed by atoms with Gasteiger partial charge in [-0.05, 0) is 38.5 Å². The first kappa shape index (κ1) is 17.0. The van der Waals surface area contributed by atoms with E-state index in [0.29, 0.717) is 12.0 Å². The lowest BCUT2D eigenvalue weighted by Crippen LogP contribution is -2.42. The summed E-state index contributed by atoms with van der Waals surface area (Å²) in [7, 11) is 0. The average molecular weight is 420 g/mol. The van der Waals surface area contributed by atoms with Gasteiger partial charge in [-0.15, -0.1) is 35.3 Å². The second kappa shape index (κ2) is 7.26. The van der Waals surface area contributed by atoms with E-state index in [1.807, 2.05) is 6.20 Å². The van der Waals surface area contributed by atoms with E-state index in [0.717, 1.165) is 24.1 Å². The molecule has 0 aromatic carbocycles. The highest BCUT2D eigenvalue weighted by Crippen LogP contribution is 2.47. The minimum absolute atomic E-state index is 0. The molecule has 1 spiro atoms. The summed E-state index contributed by atoms with van der Waals surface area (Å²) in [6, 6.07) is 0. The standard InChI is InChI=1S/C15H24N4S.HI/c1-3-16-14(18-10-13-17-9-12(2)20-13)19-8-7-15(11-19)5-4-6-15;/h9H,3-8,10-11H2,1-2H3,(H,16,18);1H. The Labute approximate surface area is 148 Å². The Morgan fingerprint density at radius 3 is 2.81 bits per heavy atom. The van der Waals surface area contributed by atoms with Gasteiger partial charge in [-0.25, -0.2) is 9.98 Å². The average Bonchev–Trinajstić information content (AvgIpc) is 3.00. The number of nitrogens with one attached hydrogen (secondary N) is 1. The first-order valence-corrected chi connectivity index (χ1v) is 8.47. The Morgan fingerprint density at radius 2 is 2.29 bits per heavy atom. The van der Waals surface area contributed by atoms with Crippen LogP contribution in [-0.4, -0.2) is 35.5 Å². The fraction of sp³-hybridized carbons (Fsp3) is 0.733. The quantitative estimate of drug-likeness (QED) is 0.463. The molecule has 2 aliphatic rings. The van der Waals surface area contributed by atoms with Crippen molar-refractivity contribution in [2.75, 3.05) is 19.6 Å². The summed E-state index contributed by atoms with van der Waals surface area (Å²) in [5, 5.41) is 4.55. The molecule has 0 unspecified atom stereocenters. The van der Waals surface area contributed by atoms with Crippen LogP contribution in [0, 0.1) is 12.3 Å². The maximum absolute atomic E-state index is 4.78. The molecule has 1 saturated carbocycles. The fourth-order valence-corrected chi connectivity index (χ4v) is 3.96. The molecule has 0 bridgehead atoms. The Balaban J connectivity index is 0.00000161. The summed E-state index contributed by atoms with van der Waals surface area (Å²) in [5.74, 6) is 1.07. The lowest BCUT2D eigenvalue weighted by molar-refractivity contribution is 0.151. The van der Waals surface area contributed by atoms with Crippen molar-refractivity contribution >= 4 is 41.3 Å². The number of guanidine groups is 1. The summed E-state index contributed by atoms with van der Waals surface area (Å²) in [6.45, 7) is 8.21. The third-order valence-corrected chi connectivity index (χ3v) is 5.42. The van der Waals surface area contributed by atoms with Gasteiger partial charge in [0.1, 0.15) is 5.01 Å². The Hall–Kier alpha value is -0.370. The zero-order valence-corrected chi connectivity index (χ0v) is 16.0. The van der Waals surface area contributed by atoms with Crippen molar-refractivity contribution in [3.8, 4) is 0 Å². The first-order chi connectivity index (χ1) is 9.71. The van der Waals surface area contributed by atoms with Crippen LogP contribution in [0.1, 0.15) is 42.5 Å². The van der Waals surface area contributed by atoms with Gasteiger partial charge in [0.05, 0.1) is 6.54 Å². The Kier molecular flexibility index (Phi) is 5.88. The van der Waals surface area contributed by atoms with Crippen molar-refractivity contribution < 1.29 is 0 Å². The molecule has 4 nitrogen and oxygen atoms in total. The fourth-order valence-electron chi connectivity index (χ4n) is 3.24. The van der Waals surface area contributed by atoms with Crippen molar-refractivity contribution in [2.24, 2.45) is 10.4 Å². The molecule has 0 radical (unpaired) electrons. The molecule has 0 atom stereocenters. The number of aliphatic imine (C=N–C) groups is 1. The molecule has 1 saturated heterocycles. The van der Waals surface area contributed by atoms with E-state index in [2.05, 4.69) is 29.0 Å². The zero-order valence-electron chi connectivity index (χ0n) is 12.9. The third kappa shape index (κ3) is 3.88. The predicted molar refractivity (Wildman–Crippen MR) is 99.6 cm³/mol. The SMILES string of the molecule is CCNC(=NCc1ncc(C)s1)N1CCC2(CCC2)C1.I. The highest BCUT2D eigenvalue weighted by molar-refractivity contribution is 14.0. The molecule has 1 aromatic heterocycles. The minimum Gasteiger partial charge on any atom is -0.357 e. The van der Waals surface area contributed by atoms with Crippen molar-refractivity contribution in [3.05, 3.63) is 16.1 Å². The largest absolute Gasteiger partial charge is 0.357 e. The van der Waals surface area contributed by atoms with Crippen molar-refractivity contribution in [1.29, 1.82) is 0 Å². The number of aryl methyl sites for hydroxylation is 1. The van der Waals surface area contributed by atoms with Crippen LogP contribution in [-0.2, 0) is 6.54 Å². The molecule has 118 valence electrons. The number of hydrogen-bond donors (Lipinski definition) is 1. The summed E-state index contributed by atoms with van der Waals surface area (Å²) in [6.07, 6.45) is 7.51. The van der Waals surface area contributed by atoms with Gasteiger partial charge in [0, 0.05) is 30.7 Å². The van der Waals surface area contributed by atoms with Gasteiger partial charge in [0.25, 0.3) is 0 Å². The number of hydrogen-bond acceptors (Lipinski definition) is 3. The van der Waals surface area contributed by atoms with Crippen LogP contribution in [0.3, 0.4) is 0 Å². The molecule has 2 fully saturated rings. The normalized spacial score (nSPS) is 20.3. The number of nitrogens with zero attached hydrogens (tertiary/aromatic N) is 3. The molecule has 0 amide bonds. The van der Waals surface area contributed by atoms with E-state index in [4.69, 9.17) is 4.99 Å². The minimum atomic E-state index is 0. The lowest BCUT2D eigenvalue weighted by atomic mass is 9.68. The van der Waals surface area contributed by atoms with Gasteiger partial charge >= 0.3 is 0 Å². The van der Waals surface area contributed by atoms with E-state index in [-0.39, 0.29) is 24.0 Å². The van der Waals surface area contributed by atoms with Crippen LogP contribution in [0.2, 0.25) is 0 Å². The maximum atomic E-state index is 4.78. The van der Waals surface area contributed by atoms with E-state index >= 15 is 0 Å². The van der Waals surface area contributed by atoms with Gasteiger partial charge in [0.2, 0.25) is 0 Å². The molecule has 2 heterocycles. The van der Waals surface area contributed by atoms with Gasteiger partial charge < -0.3 is 10.2 Å². The van der Waals surface area contributed by atoms with Crippen molar-refractivity contribution in [3.63, 3.8) is 0 Å². The Bertz CT molecular complexity index is 496. The summed E-state index contributed by atoms with van der Waals surface area (Å²) < 4.78 is 0. The topological polar surface area (TPSA) is 40.5 Å². The van der Waals surface area contributed by atoms with E-state index in [1.54, 1.807) is 11.3 Å². The summed E-state index contributed by atoms with van der Waals surface area (Å²) >= 11 is 1.74. The smallest absolute Gasteiger partial charge is 0.194 e. The van der Waals surface area contributed by atoms with E-state index < -0.39 is 0 Å². The van der Waals surface area contributed by atoms with Crippen LogP contribution >= 0.6 is 35.3 Å². The van der Waals surface area contributed by atoms with Crippen LogP contribution in [0.5, 0.6) is 0 Å². The second-order valence-electron chi connectivity index (χ2n) is 6.06. The third-order valence-electron chi connectivity index (χ3n) is 4.52. The molecule has 1 aromatic rings. The molecule has 1 aliphatic carbocycles. The molecule has 1 N–H and O–H groups in total. The van der Waals surface area contributed by atoms with Crippen LogP contribution in [0.25, 0.3) is 0 Å². The van der Waals surface area contributed by atoms with Crippen LogP contribution < -0.4 is 5.32 Å². The first-order valence-electron chi connectivity index (χ1n) is 7.65. The predicted octanol–water partition coefficient (Wildman–Crippen LogP) is 3.41. The van der Waals surface area contributed by atoms with Crippen molar-refractivity contribution in [1.82, 2.24) is 15.2 Å². The molecule has 3 rings (SSSR count). The van der Waals surface area contributed by atoms with Gasteiger partial charge in [-0.2, -0.15) is 0 Å². The van der Waals surface area contributed by atoms with Gasteiger partial charge in [-0.3, -0.25) is 0 Å². The number of thiazole rings is 1. The Morgan fingerprint density at radius 1 is 1.48 bits per heavy atom. The summed E-state index contributed by atoms with van der Waals surface area (Å²) in [4.78, 5) is 12.9. The maximum Gasteiger partial charge on any atom is 0.194 e. The van der Waals surface area contributed by atoms with Gasteiger partial charge in [-0.1, -0.05) is 6.42 Å². The van der Waals surface area contributed by atoms with Gasteiger partial charge in [0.15, 0.2) is 5.96 Å². The number of likely N-dealkylation sites (tertiary alicyclic amines) is 1. The highest BCUT2D eigenvalue weighted by atomic mass is 127. The molecule has 6 heteroatoms. The van der Waals surface area contributed by atoms with Crippen LogP contribution in [0.4, 0.5) is 0 Å². The highest BCUT2D eigenvalue weighted by Gasteiger charge is 2.43. The molecule has 1 aliphatic heterocycles. The number of aromatic nitrogens is 1. The molecule has 21 heavy (non-hydrogen) atoms. The van der Waals surface area contributed by atoms with E-state index in [1.165, 1.54) is 37.1 Å². The molecular formula is C15H25IN4S. The summed E-state index contributed by atoms with van der Waals surface area (Å²) in [5.41, 5.74) is 0.619. The zero-order chi connectivity index (χ0) is 14.0. The van der Waals surface area contributed by atoms with E-state index in [9.17, 15) is 0 Å². The van der Waals surface area contributed by atoms with Crippen LogP contribution in [0.15, 0.2) is 11.2 Å². The monoisotopic (exact) mass is 420 g/mol. The second-order valence-corrected chi connectivity index (χ2v) is 7.38. The lowest BCUT2D eigenvalue weighted by Gasteiger charge is -2.38. The molecular weight excluding hydrogens is 395 g/mol. The van der Waals surface area contributed by atoms with Crippen molar-refractivity contribution in [2.45, 2.75) is 46.1 Å². The number of rotatable bonds is 3. The number of halogens is 1.